The van der Waals surface area contributed by atoms with E-state index in [0.717, 1.165) is 39.1 Å². The van der Waals surface area contributed by atoms with E-state index in [1.165, 1.54) is 0 Å². The molecule has 0 saturated carbocycles. The van der Waals surface area contributed by atoms with E-state index in [4.69, 9.17) is 0 Å². The summed E-state index contributed by atoms with van der Waals surface area (Å²) in [5, 5.41) is 107. The standard InChI is InChI=1S/C37H27N3O10/c1-37(2)18-9-5-3-7-14(18)16-11-17-15-8-4-6-10-22(15)40(23(17)12-19(16)37)36-38-20(24-26(41)30(45)34(49)31(46)27(24)42)13-21(39-36)25-28(43)32(47)35(50)33(48)29(25)44/h3-13,41-50H,1-2H3. The van der Waals surface area contributed by atoms with Gasteiger partial charge in [0.2, 0.25) is 40.4 Å². The number of aromatic hydroxyl groups is 10. The Morgan fingerprint density at radius 2 is 0.940 bits per heavy atom. The Morgan fingerprint density at radius 3 is 1.50 bits per heavy atom. The van der Waals surface area contributed by atoms with Crippen molar-refractivity contribution in [3.8, 4) is 97.1 Å². The topological polar surface area (TPSA) is 233 Å². The predicted molar refractivity (Wildman–Crippen MR) is 181 cm³/mol. The van der Waals surface area contributed by atoms with Crippen LogP contribution in [0.2, 0.25) is 0 Å². The largest absolute Gasteiger partial charge is 0.504 e. The van der Waals surface area contributed by atoms with Crippen molar-refractivity contribution in [3.05, 3.63) is 77.9 Å². The molecule has 1 aliphatic rings. The van der Waals surface area contributed by atoms with Crippen molar-refractivity contribution in [2.45, 2.75) is 19.3 Å². The Labute approximate surface area is 281 Å². The highest BCUT2D eigenvalue weighted by molar-refractivity contribution is 6.11. The summed E-state index contributed by atoms with van der Waals surface area (Å²) < 4.78 is 1.65. The minimum atomic E-state index is -1.21. The number of aromatic nitrogens is 3. The Kier molecular flexibility index (Phi) is 6.06. The molecule has 10 N–H and O–H groups in total. The van der Waals surface area contributed by atoms with Crippen LogP contribution >= 0.6 is 0 Å². The van der Waals surface area contributed by atoms with E-state index in [9.17, 15) is 51.1 Å². The molecule has 0 bridgehead atoms. The van der Waals surface area contributed by atoms with Crippen molar-refractivity contribution < 1.29 is 51.1 Å². The maximum Gasteiger partial charge on any atom is 0.235 e. The van der Waals surface area contributed by atoms with Crippen LogP contribution in [0.3, 0.4) is 0 Å². The van der Waals surface area contributed by atoms with E-state index in [-0.39, 0.29) is 5.95 Å². The molecule has 13 nitrogen and oxygen atoms in total. The third-order valence-electron chi connectivity index (χ3n) is 9.54. The molecule has 0 spiro atoms. The zero-order valence-corrected chi connectivity index (χ0v) is 26.2. The molecule has 0 atom stereocenters. The minimum Gasteiger partial charge on any atom is -0.504 e. The third-order valence-corrected chi connectivity index (χ3v) is 9.54. The number of phenolic OH excluding ortho intramolecular Hbond substituents is 10. The highest BCUT2D eigenvalue weighted by Gasteiger charge is 2.37. The van der Waals surface area contributed by atoms with Crippen molar-refractivity contribution in [1.29, 1.82) is 0 Å². The maximum absolute atomic E-state index is 10.9. The molecule has 50 heavy (non-hydrogen) atoms. The molecular weight excluding hydrogens is 646 g/mol. The van der Waals surface area contributed by atoms with E-state index in [2.05, 4.69) is 42.0 Å². The van der Waals surface area contributed by atoms with Gasteiger partial charge in [0.25, 0.3) is 0 Å². The molecule has 0 unspecified atom stereocenters. The summed E-state index contributed by atoms with van der Waals surface area (Å²) in [4.78, 5) is 9.17. The average Bonchev–Trinajstić information content (AvgIpc) is 3.55. The number of fused-ring (bicyclic) bond motifs is 6. The minimum absolute atomic E-state index is 0.186. The van der Waals surface area contributed by atoms with Crippen molar-refractivity contribution in [1.82, 2.24) is 14.5 Å². The van der Waals surface area contributed by atoms with Gasteiger partial charge in [-0.25, -0.2) is 9.97 Å². The summed E-state index contributed by atoms with van der Waals surface area (Å²) in [6.07, 6.45) is 0. The Morgan fingerprint density at radius 1 is 0.460 bits per heavy atom. The molecule has 0 saturated heterocycles. The summed E-state index contributed by atoms with van der Waals surface area (Å²) in [6.45, 7) is 4.22. The monoisotopic (exact) mass is 673 g/mol. The first-order chi connectivity index (χ1) is 23.7. The van der Waals surface area contributed by atoms with Crippen molar-refractivity contribution >= 4 is 21.8 Å². The summed E-state index contributed by atoms with van der Waals surface area (Å²) in [6, 6.07) is 20.5. The van der Waals surface area contributed by atoms with Crippen molar-refractivity contribution in [2.24, 2.45) is 0 Å². The molecule has 0 fully saturated rings. The molecule has 5 aromatic carbocycles. The lowest BCUT2D eigenvalue weighted by atomic mass is 9.82. The van der Waals surface area contributed by atoms with Gasteiger partial charge in [-0.1, -0.05) is 56.3 Å². The lowest BCUT2D eigenvalue weighted by Crippen LogP contribution is -2.15. The molecule has 0 aliphatic heterocycles. The van der Waals surface area contributed by atoms with Gasteiger partial charge < -0.3 is 51.1 Å². The van der Waals surface area contributed by atoms with Crippen molar-refractivity contribution in [2.75, 3.05) is 0 Å². The van der Waals surface area contributed by atoms with E-state index in [0.29, 0.717) is 11.0 Å². The Balaban J connectivity index is 1.52. The van der Waals surface area contributed by atoms with E-state index in [1.54, 1.807) is 16.7 Å². The van der Waals surface area contributed by atoms with Gasteiger partial charge in [0.05, 0.1) is 33.5 Å². The van der Waals surface area contributed by atoms with Crippen molar-refractivity contribution in [3.63, 3.8) is 0 Å². The predicted octanol–water partition coefficient (Wildman–Crippen LogP) is 6.27. The van der Waals surface area contributed by atoms with Gasteiger partial charge in [-0.2, -0.15) is 0 Å². The maximum atomic E-state index is 10.9. The first-order valence-electron chi connectivity index (χ1n) is 15.2. The first kappa shape index (κ1) is 30.3. The number of hydrogen-bond acceptors (Lipinski definition) is 12. The number of rotatable bonds is 3. The van der Waals surface area contributed by atoms with E-state index in [1.807, 2.05) is 30.3 Å². The first-order valence-corrected chi connectivity index (χ1v) is 15.2. The van der Waals surface area contributed by atoms with Crippen LogP contribution in [0.25, 0.3) is 61.4 Å². The second-order valence-corrected chi connectivity index (χ2v) is 12.6. The van der Waals surface area contributed by atoms with Crippen LogP contribution in [0.4, 0.5) is 0 Å². The number of hydrogen-bond donors (Lipinski definition) is 10. The zero-order valence-electron chi connectivity index (χ0n) is 26.2. The molecule has 0 amide bonds. The second kappa shape index (κ2) is 10.00. The van der Waals surface area contributed by atoms with Crippen LogP contribution in [-0.2, 0) is 5.41 Å². The van der Waals surface area contributed by atoms with Gasteiger partial charge in [-0.3, -0.25) is 4.57 Å². The van der Waals surface area contributed by atoms with Gasteiger partial charge in [-0.15, -0.1) is 0 Å². The van der Waals surface area contributed by atoms with Gasteiger partial charge >= 0.3 is 0 Å². The fraction of sp³-hybridized carbons (Fsp3) is 0.0811. The number of benzene rings is 5. The molecule has 13 heteroatoms. The summed E-state index contributed by atoms with van der Waals surface area (Å²) >= 11 is 0. The fourth-order valence-corrected chi connectivity index (χ4v) is 7.03. The third kappa shape index (κ3) is 3.82. The van der Waals surface area contributed by atoms with Crippen LogP contribution in [0.5, 0.6) is 57.5 Å². The van der Waals surface area contributed by atoms with Crippen LogP contribution < -0.4 is 0 Å². The number of nitrogens with zero attached hydrogens (tertiary/aromatic N) is 3. The molecule has 1 aliphatic carbocycles. The quantitative estimate of drug-likeness (QED) is 0.0738. The van der Waals surface area contributed by atoms with Gasteiger partial charge in [0.1, 0.15) is 0 Å². The van der Waals surface area contributed by atoms with Gasteiger partial charge in [-0.05, 0) is 46.5 Å². The molecule has 7 aromatic rings. The van der Waals surface area contributed by atoms with E-state index < -0.39 is 85.4 Å². The van der Waals surface area contributed by atoms with Crippen LogP contribution in [0.1, 0.15) is 25.0 Å². The Hall–Kier alpha value is -7.02. The number of phenols is 10. The molecule has 0 radical (unpaired) electrons. The highest BCUT2D eigenvalue weighted by atomic mass is 16.4. The fourth-order valence-electron chi connectivity index (χ4n) is 7.03. The average molecular weight is 674 g/mol. The van der Waals surface area contributed by atoms with Gasteiger partial charge in [0, 0.05) is 16.2 Å². The molecule has 2 aromatic heterocycles. The SMILES string of the molecule is CC1(C)c2ccccc2-c2cc3c4ccccc4n(-c4nc(-c5c(O)c(O)c(O)c(O)c5O)cc(-c5c(O)c(O)c(O)c(O)c5O)n4)c3cc21. The highest BCUT2D eigenvalue weighted by Crippen LogP contribution is 2.57. The van der Waals surface area contributed by atoms with Crippen LogP contribution in [0, 0.1) is 0 Å². The lowest BCUT2D eigenvalue weighted by Gasteiger charge is -2.21. The lowest BCUT2D eigenvalue weighted by molar-refractivity contribution is 0.329. The summed E-state index contributed by atoms with van der Waals surface area (Å²) in [5.41, 5.74) is 2.89. The molecule has 250 valence electrons. The smallest absolute Gasteiger partial charge is 0.235 e. The second-order valence-electron chi connectivity index (χ2n) is 12.6. The number of para-hydroxylation sites is 1. The molecule has 2 heterocycles. The summed E-state index contributed by atoms with van der Waals surface area (Å²) in [5.74, 6) is -11.7. The normalized spacial score (nSPS) is 13.2. The molecule has 8 rings (SSSR count). The zero-order chi connectivity index (χ0) is 35.5. The van der Waals surface area contributed by atoms with Gasteiger partial charge in [0.15, 0.2) is 23.0 Å². The van der Waals surface area contributed by atoms with E-state index >= 15 is 0 Å². The summed E-state index contributed by atoms with van der Waals surface area (Å²) in [7, 11) is 0. The Bertz CT molecular complexity index is 2500. The van der Waals surface area contributed by atoms with Crippen LogP contribution in [0.15, 0.2) is 66.7 Å². The molecular formula is C37H27N3O10. The van der Waals surface area contributed by atoms with Crippen LogP contribution in [-0.4, -0.2) is 65.6 Å².